The lowest BCUT2D eigenvalue weighted by atomic mass is 9.74. The molecule has 20 heavy (non-hydrogen) atoms. The van der Waals surface area contributed by atoms with Crippen molar-refractivity contribution in [1.82, 2.24) is 0 Å². The number of halogens is 1. The third kappa shape index (κ3) is 2.45. The van der Waals surface area contributed by atoms with Gasteiger partial charge < -0.3 is 10.2 Å². The smallest absolute Gasteiger partial charge is 0.168 e. The summed E-state index contributed by atoms with van der Waals surface area (Å²) in [7, 11) is 0. The molecule has 2 aliphatic rings. The second-order valence-electron chi connectivity index (χ2n) is 5.75. The SMILES string of the molecule is OC1(O)CCCC12CCN(SOI)c1ccccc1C2. The van der Waals surface area contributed by atoms with E-state index in [-0.39, 0.29) is 0 Å². The van der Waals surface area contributed by atoms with Crippen LogP contribution < -0.4 is 4.31 Å². The highest BCUT2D eigenvalue weighted by molar-refractivity contribution is 14.1. The maximum Gasteiger partial charge on any atom is 0.168 e. The predicted molar refractivity (Wildman–Crippen MR) is 88.3 cm³/mol. The van der Waals surface area contributed by atoms with E-state index in [1.807, 2.05) is 35.1 Å². The Morgan fingerprint density at radius 2 is 2.00 bits per heavy atom. The molecular formula is C14H18INO3S. The zero-order valence-corrected chi connectivity index (χ0v) is 14.1. The molecule has 1 fully saturated rings. The van der Waals surface area contributed by atoms with E-state index in [0.717, 1.165) is 31.5 Å². The van der Waals surface area contributed by atoms with E-state index < -0.39 is 11.2 Å². The van der Waals surface area contributed by atoms with Gasteiger partial charge in [-0.1, -0.05) is 18.2 Å². The minimum atomic E-state index is -1.55. The van der Waals surface area contributed by atoms with Gasteiger partial charge in [-0.05, 0) is 37.3 Å². The lowest BCUT2D eigenvalue weighted by Gasteiger charge is -2.38. The highest BCUT2D eigenvalue weighted by Crippen LogP contribution is 2.52. The van der Waals surface area contributed by atoms with E-state index >= 15 is 0 Å². The van der Waals surface area contributed by atoms with Gasteiger partial charge in [-0.2, -0.15) is 0 Å². The molecule has 0 aromatic heterocycles. The van der Waals surface area contributed by atoms with Gasteiger partial charge in [0.2, 0.25) is 0 Å². The maximum atomic E-state index is 10.4. The minimum absolute atomic E-state index is 0.427. The van der Waals surface area contributed by atoms with Crippen LogP contribution in [-0.4, -0.2) is 22.5 Å². The molecule has 0 radical (unpaired) electrons. The largest absolute Gasteiger partial charge is 0.365 e. The van der Waals surface area contributed by atoms with Gasteiger partial charge in [0.25, 0.3) is 0 Å². The number of nitrogens with zero attached hydrogens (tertiary/aromatic N) is 1. The zero-order chi connectivity index (χ0) is 14.2. The minimum Gasteiger partial charge on any atom is -0.365 e. The Kier molecular flexibility index (Phi) is 4.20. The molecule has 1 heterocycles. The number of anilines is 1. The molecule has 1 unspecified atom stereocenters. The Hall–Kier alpha value is -0.0200. The molecule has 2 N–H and O–H groups in total. The van der Waals surface area contributed by atoms with Crippen LogP contribution in [0.5, 0.6) is 0 Å². The van der Waals surface area contributed by atoms with Gasteiger partial charge in [-0.3, -0.25) is 4.31 Å². The molecule has 1 aromatic rings. The van der Waals surface area contributed by atoms with Crippen LogP contribution in [-0.2, 0) is 8.93 Å². The van der Waals surface area contributed by atoms with Crippen LogP contribution in [0.25, 0.3) is 0 Å². The van der Waals surface area contributed by atoms with Crippen LogP contribution in [0.3, 0.4) is 0 Å². The summed E-state index contributed by atoms with van der Waals surface area (Å²) < 4.78 is 7.29. The van der Waals surface area contributed by atoms with Gasteiger partial charge in [0.15, 0.2) is 5.79 Å². The molecule has 0 amide bonds. The summed E-state index contributed by atoms with van der Waals surface area (Å²) >= 11 is 3.18. The molecule has 1 aliphatic carbocycles. The summed E-state index contributed by atoms with van der Waals surface area (Å²) in [6, 6.07) is 8.17. The first-order chi connectivity index (χ1) is 9.58. The summed E-state index contributed by atoms with van der Waals surface area (Å²) in [6.07, 6.45) is 3.71. The van der Waals surface area contributed by atoms with Crippen LogP contribution >= 0.6 is 35.2 Å². The quantitative estimate of drug-likeness (QED) is 0.341. The molecule has 110 valence electrons. The van der Waals surface area contributed by atoms with Gasteiger partial charge in [-0.25, -0.2) is 2.51 Å². The first-order valence-corrected chi connectivity index (χ1v) is 8.41. The fourth-order valence-corrected chi connectivity index (χ4v) is 4.67. The summed E-state index contributed by atoms with van der Waals surface area (Å²) in [5, 5.41) is 20.9. The molecule has 0 bridgehead atoms. The van der Waals surface area contributed by atoms with Gasteiger partial charge in [0.1, 0.15) is 35.2 Å². The maximum absolute atomic E-state index is 10.4. The standard InChI is InChI=1S/C14H18INO3S/c15-19-20-16-9-8-13(6-3-7-14(13,17)18)10-11-4-1-2-5-12(11)16/h1-2,4-5,17-18H,3,6-10H2. The van der Waals surface area contributed by atoms with Crippen molar-refractivity contribution in [3.8, 4) is 0 Å². The van der Waals surface area contributed by atoms with Crippen LogP contribution in [0, 0.1) is 5.41 Å². The monoisotopic (exact) mass is 407 g/mol. The first kappa shape index (κ1) is 14.9. The van der Waals surface area contributed by atoms with Crippen molar-refractivity contribution in [2.24, 2.45) is 5.41 Å². The zero-order valence-electron chi connectivity index (χ0n) is 11.1. The lowest BCUT2D eigenvalue weighted by molar-refractivity contribution is -0.227. The second kappa shape index (κ2) is 5.64. The van der Waals surface area contributed by atoms with Crippen LogP contribution in [0.4, 0.5) is 5.69 Å². The third-order valence-corrected chi connectivity index (χ3v) is 5.83. The van der Waals surface area contributed by atoms with E-state index in [4.69, 9.17) is 2.51 Å². The van der Waals surface area contributed by atoms with Crippen molar-refractivity contribution >= 4 is 40.9 Å². The fourth-order valence-electron chi connectivity index (χ4n) is 3.60. The van der Waals surface area contributed by atoms with E-state index in [1.165, 1.54) is 17.8 Å². The summed E-state index contributed by atoms with van der Waals surface area (Å²) in [6.45, 7) is 0.757. The van der Waals surface area contributed by atoms with Crippen LogP contribution in [0.1, 0.15) is 31.2 Å². The average Bonchev–Trinajstić information content (AvgIpc) is 2.61. The number of rotatable bonds is 2. The topological polar surface area (TPSA) is 52.9 Å². The molecule has 4 nitrogen and oxygen atoms in total. The fraction of sp³-hybridized carbons (Fsp3) is 0.571. The highest BCUT2D eigenvalue weighted by atomic mass is 127. The Morgan fingerprint density at radius 3 is 2.70 bits per heavy atom. The number of hydrogen-bond donors (Lipinski definition) is 2. The van der Waals surface area contributed by atoms with Crippen molar-refractivity contribution in [2.75, 3.05) is 10.8 Å². The van der Waals surface area contributed by atoms with Gasteiger partial charge in [0.05, 0.1) is 5.69 Å². The Labute approximate surface area is 137 Å². The molecule has 1 saturated carbocycles. The van der Waals surface area contributed by atoms with Gasteiger partial charge in [-0.15, -0.1) is 0 Å². The Morgan fingerprint density at radius 1 is 1.20 bits per heavy atom. The molecule has 3 rings (SSSR count). The predicted octanol–water partition coefficient (Wildman–Crippen LogP) is 3.22. The molecule has 1 aromatic carbocycles. The van der Waals surface area contributed by atoms with Crippen molar-refractivity contribution in [3.63, 3.8) is 0 Å². The first-order valence-electron chi connectivity index (χ1n) is 6.84. The summed E-state index contributed by atoms with van der Waals surface area (Å²) in [4.78, 5) is 0. The summed E-state index contributed by atoms with van der Waals surface area (Å²) in [5.74, 6) is -1.55. The third-order valence-electron chi connectivity index (χ3n) is 4.73. The number of aliphatic hydroxyl groups is 2. The molecule has 6 heteroatoms. The number of benzene rings is 1. The normalized spacial score (nSPS) is 28.4. The molecule has 1 spiro atoms. The highest BCUT2D eigenvalue weighted by Gasteiger charge is 2.53. The summed E-state index contributed by atoms with van der Waals surface area (Å²) in [5.41, 5.74) is 1.86. The van der Waals surface area contributed by atoms with E-state index in [0.29, 0.717) is 12.8 Å². The van der Waals surface area contributed by atoms with Crippen molar-refractivity contribution < 1.29 is 12.7 Å². The van der Waals surface area contributed by atoms with Crippen molar-refractivity contribution in [3.05, 3.63) is 29.8 Å². The molecule has 1 atom stereocenters. The lowest BCUT2D eigenvalue weighted by Crippen LogP contribution is -2.45. The van der Waals surface area contributed by atoms with Crippen molar-refractivity contribution in [2.45, 2.75) is 37.9 Å². The average molecular weight is 407 g/mol. The second-order valence-corrected chi connectivity index (χ2v) is 7.54. The van der Waals surface area contributed by atoms with Crippen molar-refractivity contribution in [1.29, 1.82) is 0 Å². The molecule has 0 saturated heterocycles. The number of fused-ring (bicyclic) bond motifs is 1. The number of hydrogen-bond acceptors (Lipinski definition) is 5. The Bertz CT molecular complexity index is 499. The molecular weight excluding hydrogens is 389 g/mol. The van der Waals surface area contributed by atoms with Crippen LogP contribution in [0.2, 0.25) is 0 Å². The Balaban J connectivity index is 1.99. The molecule has 1 aliphatic heterocycles. The van der Waals surface area contributed by atoms with E-state index in [9.17, 15) is 10.2 Å². The van der Waals surface area contributed by atoms with Gasteiger partial charge in [0, 0.05) is 18.4 Å². The van der Waals surface area contributed by atoms with E-state index in [2.05, 4.69) is 16.4 Å². The van der Waals surface area contributed by atoms with E-state index in [1.54, 1.807) is 0 Å². The number of para-hydroxylation sites is 1. The van der Waals surface area contributed by atoms with Gasteiger partial charge >= 0.3 is 0 Å². The van der Waals surface area contributed by atoms with Crippen LogP contribution in [0.15, 0.2) is 24.3 Å².